The van der Waals surface area contributed by atoms with Crippen LogP contribution >= 0.6 is 11.8 Å². The number of aliphatic carboxylic acids is 1. The van der Waals surface area contributed by atoms with Crippen LogP contribution in [0.4, 0.5) is 0 Å². The molecule has 0 aromatic heterocycles. The number of guanidine groups is 1. The van der Waals surface area contributed by atoms with Crippen molar-refractivity contribution in [1.82, 2.24) is 10.2 Å². The lowest BCUT2D eigenvalue weighted by molar-refractivity contribution is -0.139. The van der Waals surface area contributed by atoms with E-state index in [2.05, 4.69) is 10.2 Å². The number of hydrogen-bond acceptors (Lipinski definition) is 3. The number of carboxylic acids is 1. The Morgan fingerprint density at radius 2 is 2.31 bits per heavy atom. The van der Waals surface area contributed by atoms with Gasteiger partial charge in [0.1, 0.15) is 6.04 Å². The summed E-state index contributed by atoms with van der Waals surface area (Å²) in [6.45, 7) is 0.470. The Balaban J connectivity index is 3.50. The zero-order valence-electron chi connectivity index (χ0n) is 7.01. The van der Waals surface area contributed by atoms with E-state index in [1.54, 1.807) is 0 Å². The largest absolute Gasteiger partial charge is 0.480 e. The van der Waals surface area contributed by atoms with Crippen molar-refractivity contribution in [2.24, 2.45) is 5.73 Å². The van der Waals surface area contributed by atoms with Crippen LogP contribution in [0.5, 0.6) is 0 Å². The Kier molecular flexibility index (Phi) is 5.99. The van der Waals surface area contributed by atoms with Gasteiger partial charge in [-0.2, -0.15) is 0 Å². The lowest BCUT2D eigenvalue weighted by Crippen LogP contribution is -2.34. The van der Waals surface area contributed by atoms with Crippen molar-refractivity contribution in [1.29, 1.82) is 5.41 Å². The highest BCUT2D eigenvalue weighted by Crippen LogP contribution is 1.97. The molecule has 0 unspecified atom stereocenters. The van der Waals surface area contributed by atoms with Gasteiger partial charge >= 0.3 is 5.97 Å². The van der Waals surface area contributed by atoms with Crippen molar-refractivity contribution in [3.8, 4) is 0 Å². The monoisotopic (exact) mass is 208 g/mol. The maximum atomic E-state index is 10.4. The number of rotatable bonds is 6. The molecule has 7 heteroatoms. The molecule has 0 aliphatic carbocycles. The van der Waals surface area contributed by atoms with Gasteiger partial charge in [0.15, 0.2) is 5.96 Å². The number of nitrogens with one attached hydrogen (secondary N) is 3. The second-order valence-corrected chi connectivity index (χ2v) is 2.70. The van der Waals surface area contributed by atoms with Gasteiger partial charge in [-0.25, -0.2) is 4.84 Å². The summed E-state index contributed by atoms with van der Waals surface area (Å²) in [6.07, 6.45) is 0.968. The van der Waals surface area contributed by atoms with Crippen molar-refractivity contribution < 1.29 is 9.90 Å². The maximum absolute atomic E-state index is 10.4. The van der Waals surface area contributed by atoms with E-state index in [9.17, 15) is 4.79 Å². The normalized spacial score (nSPS) is 12.1. The van der Waals surface area contributed by atoms with Gasteiger partial charge in [-0.15, -0.1) is 0 Å². The predicted molar refractivity (Wildman–Crippen MR) is 49.6 cm³/mol. The minimum absolute atomic E-state index is 0.120. The summed E-state index contributed by atoms with van der Waals surface area (Å²) in [4.78, 5) is 12.6. The first-order valence-corrected chi connectivity index (χ1v) is 4.12. The minimum Gasteiger partial charge on any atom is -0.480 e. The van der Waals surface area contributed by atoms with Crippen LogP contribution in [-0.4, -0.2) is 29.6 Å². The smallest absolute Gasteiger partial charge is 0.321 e. The van der Waals surface area contributed by atoms with Gasteiger partial charge < -0.3 is 16.2 Å². The first-order chi connectivity index (χ1) is 6.07. The van der Waals surface area contributed by atoms with Gasteiger partial charge in [-0.1, -0.05) is 0 Å². The number of halogens is 1. The van der Waals surface area contributed by atoms with Crippen LogP contribution in [0.1, 0.15) is 12.8 Å². The molecule has 0 spiro atoms. The molecule has 0 fully saturated rings. The standard InChI is InChI=1S/C6H13ClN4O2/c7-11-4(5(12)13)2-1-3-10-6(8)9/h4,11H,1-3H2,(H,12,13)(H4,8,9,10)/t4-/m0/s1. The summed E-state index contributed by atoms with van der Waals surface area (Å²) in [5.41, 5.74) is 5.02. The molecule has 0 aromatic rings. The Hall–Kier alpha value is -1.01. The van der Waals surface area contributed by atoms with Crippen LogP contribution in [0.3, 0.4) is 0 Å². The zero-order chi connectivity index (χ0) is 10.3. The second-order valence-electron chi connectivity index (χ2n) is 2.48. The van der Waals surface area contributed by atoms with Gasteiger partial charge in [-0.05, 0) is 24.6 Å². The van der Waals surface area contributed by atoms with E-state index in [1.807, 2.05) is 0 Å². The van der Waals surface area contributed by atoms with Gasteiger partial charge in [0, 0.05) is 6.54 Å². The molecule has 6 nitrogen and oxygen atoms in total. The first-order valence-electron chi connectivity index (χ1n) is 3.74. The first kappa shape index (κ1) is 12.0. The van der Waals surface area contributed by atoms with Crippen LogP contribution in [0.25, 0.3) is 0 Å². The molecule has 0 rings (SSSR count). The topological polar surface area (TPSA) is 111 Å². The molecule has 0 saturated heterocycles. The average molecular weight is 209 g/mol. The SMILES string of the molecule is N=C(N)NCCC[C@H](NCl)C(=O)O. The number of carbonyl (C=O) groups is 1. The van der Waals surface area contributed by atoms with E-state index in [4.69, 9.17) is 28.0 Å². The fourth-order valence-electron chi connectivity index (χ4n) is 0.754. The molecule has 0 heterocycles. The van der Waals surface area contributed by atoms with Crippen LogP contribution < -0.4 is 15.9 Å². The molecular formula is C6H13ClN4O2. The predicted octanol–water partition coefficient (Wildman–Crippen LogP) is -0.554. The highest BCUT2D eigenvalue weighted by Gasteiger charge is 2.14. The van der Waals surface area contributed by atoms with E-state index in [0.29, 0.717) is 19.4 Å². The fraction of sp³-hybridized carbons (Fsp3) is 0.667. The third-order valence-electron chi connectivity index (χ3n) is 1.41. The van der Waals surface area contributed by atoms with Gasteiger partial charge in [0.25, 0.3) is 0 Å². The fourth-order valence-corrected chi connectivity index (χ4v) is 0.956. The maximum Gasteiger partial charge on any atom is 0.321 e. The molecule has 0 aliphatic rings. The van der Waals surface area contributed by atoms with Crippen LogP contribution in [0.2, 0.25) is 0 Å². The Morgan fingerprint density at radius 3 is 2.69 bits per heavy atom. The molecule has 13 heavy (non-hydrogen) atoms. The van der Waals surface area contributed by atoms with Crippen molar-refractivity contribution in [2.75, 3.05) is 6.54 Å². The van der Waals surface area contributed by atoms with E-state index in [0.717, 1.165) is 0 Å². The number of nitrogens with two attached hydrogens (primary N) is 1. The van der Waals surface area contributed by atoms with Crippen molar-refractivity contribution in [2.45, 2.75) is 18.9 Å². The summed E-state index contributed by atoms with van der Waals surface area (Å²) in [7, 11) is 0. The highest BCUT2D eigenvalue weighted by molar-refractivity contribution is 6.14. The van der Waals surface area contributed by atoms with Gasteiger partial charge in [0.2, 0.25) is 0 Å². The lowest BCUT2D eigenvalue weighted by Gasteiger charge is -2.09. The molecule has 0 saturated carbocycles. The molecule has 1 atom stereocenters. The molecule has 0 aliphatic heterocycles. The summed E-state index contributed by atoms with van der Waals surface area (Å²) in [6, 6.07) is -0.754. The summed E-state index contributed by atoms with van der Waals surface area (Å²) < 4.78 is 0. The van der Waals surface area contributed by atoms with Crippen LogP contribution in [0.15, 0.2) is 0 Å². The third kappa shape index (κ3) is 6.18. The van der Waals surface area contributed by atoms with Crippen molar-refractivity contribution in [3.63, 3.8) is 0 Å². The van der Waals surface area contributed by atoms with E-state index in [1.165, 1.54) is 0 Å². The summed E-state index contributed by atoms with van der Waals surface area (Å²) in [5, 5.41) is 17.9. The van der Waals surface area contributed by atoms with E-state index in [-0.39, 0.29) is 5.96 Å². The molecule has 0 amide bonds. The van der Waals surface area contributed by atoms with Crippen LogP contribution in [-0.2, 0) is 4.79 Å². The van der Waals surface area contributed by atoms with Crippen molar-refractivity contribution in [3.05, 3.63) is 0 Å². The molecular weight excluding hydrogens is 196 g/mol. The Labute approximate surface area is 81.1 Å². The minimum atomic E-state index is -0.988. The van der Waals surface area contributed by atoms with E-state index >= 15 is 0 Å². The molecule has 76 valence electrons. The zero-order valence-corrected chi connectivity index (χ0v) is 7.77. The van der Waals surface area contributed by atoms with Crippen LogP contribution in [0, 0.1) is 5.41 Å². The van der Waals surface area contributed by atoms with Crippen molar-refractivity contribution >= 4 is 23.7 Å². The number of carboxylic acid groups (broad SMARTS) is 1. The van der Waals surface area contributed by atoms with Gasteiger partial charge in [-0.3, -0.25) is 10.2 Å². The quantitative estimate of drug-likeness (QED) is 0.174. The Morgan fingerprint density at radius 1 is 1.69 bits per heavy atom. The molecule has 0 bridgehead atoms. The molecule has 0 aromatic carbocycles. The summed E-state index contributed by atoms with van der Waals surface area (Å²) >= 11 is 5.19. The number of hydrogen-bond donors (Lipinski definition) is 5. The average Bonchev–Trinajstić information content (AvgIpc) is 2.03. The Bertz CT molecular complexity index is 187. The molecule has 6 N–H and O–H groups in total. The second kappa shape index (κ2) is 6.50. The lowest BCUT2D eigenvalue weighted by atomic mass is 10.2. The van der Waals surface area contributed by atoms with Gasteiger partial charge in [0.05, 0.1) is 0 Å². The van der Waals surface area contributed by atoms with E-state index < -0.39 is 12.0 Å². The molecule has 0 radical (unpaired) electrons. The highest BCUT2D eigenvalue weighted by atomic mass is 35.5. The summed E-state index contributed by atoms with van der Waals surface area (Å²) in [5.74, 6) is -1.11. The third-order valence-corrected chi connectivity index (χ3v) is 1.68.